The number of carboxylic acid groups (broad SMARTS) is 3. The van der Waals surface area contributed by atoms with Crippen LogP contribution in [0.2, 0.25) is 0 Å². The first-order valence-electron chi connectivity index (χ1n) is 16.3. The molecule has 0 aliphatic heterocycles. The summed E-state index contributed by atoms with van der Waals surface area (Å²) >= 11 is 0. The normalized spacial score (nSPS) is 14.8. The molecule has 0 bridgehead atoms. The zero-order chi connectivity index (χ0) is 38.9. The van der Waals surface area contributed by atoms with Gasteiger partial charge in [0.25, 0.3) is 0 Å². The lowest BCUT2D eigenvalue weighted by Gasteiger charge is -2.28. The number of hydrogen-bond donors (Lipinski definition) is 10. The van der Waals surface area contributed by atoms with Crippen LogP contribution in [0.25, 0.3) is 0 Å². The van der Waals surface area contributed by atoms with Crippen LogP contribution in [0.1, 0.15) is 86.5 Å². The predicted molar refractivity (Wildman–Crippen MR) is 177 cm³/mol. The van der Waals surface area contributed by atoms with Crippen molar-refractivity contribution in [3.63, 3.8) is 0 Å². The zero-order valence-electron chi connectivity index (χ0n) is 29.3. The first-order chi connectivity index (χ1) is 23.0. The van der Waals surface area contributed by atoms with E-state index in [0.717, 1.165) is 0 Å². The maximum Gasteiger partial charge on any atom is 0.326 e. The van der Waals surface area contributed by atoms with E-state index in [9.17, 15) is 53.4 Å². The van der Waals surface area contributed by atoms with Gasteiger partial charge in [-0.05, 0) is 43.4 Å². The lowest BCUT2D eigenvalue weighted by molar-refractivity contribution is -0.143. The molecule has 0 spiro atoms. The number of carbonyl (C=O) groups is 9. The predicted octanol–water partition coefficient (Wildman–Crippen LogP) is -1.82. The highest BCUT2D eigenvalue weighted by molar-refractivity contribution is 5.97. The van der Waals surface area contributed by atoms with Gasteiger partial charge in [0.2, 0.25) is 35.4 Å². The monoisotopic (exact) mass is 715 g/mol. The van der Waals surface area contributed by atoms with E-state index in [4.69, 9.17) is 16.6 Å². The minimum atomic E-state index is -1.61. The number of carbonyl (C=O) groups excluding carboxylic acids is 6. The highest BCUT2D eigenvalue weighted by Crippen LogP contribution is 2.11. The van der Waals surface area contributed by atoms with Crippen LogP contribution < -0.4 is 38.1 Å². The lowest BCUT2D eigenvalue weighted by Crippen LogP contribution is -2.60. The minimum absolute atomic E-state index is 0.0271. The van der Waals surface area contributed by atoms with Crippen LogP contribution in [-0.2, 0) is 43.2 Å². The van der Waals surface area contributed by atoms with Gasteiger partial charge in [-0.2, -0.15) is 0 Å². The van der Waals surface area contributed by atoms with Gasteiger partial charge < -0.3 is 53.4 Å². The number of rotatable bonds is 24. The van der Waals surface area contributed by atoms with Crippen molar-refractivity contribution in [2.45, 2.75) is 123 Å². The van der Waals surface area contributed by atoms with Crippen LogP contribution in [0.3, 0.4) is 0 Å². The molecular formula is C31H53N7O12. The van der Waals surface area contributed by atoms with Gasteiger partial charge in [0, 0.05) is 6.42 Å². The Morgan fingerprint density at radius 1 is 0.500 bits per heavy atom. The second kappa shape index (κ2) is 22.0. The molecular weight excluding hydrogens is 662 g/mol. The number of amides is 6. The quantitative estimate of drug-likeness (QED) is 0.0527. The first-order valence-corrected chi connectivity index (χ1v) is 16.3. The van der Waals surface area contributed by atoms with Crippen molar-refractivity contribution >= 4 is 53.4 Å². The van der Waals surface area contributed by atoms with Gasteiger partial charge in [0.15, 0.2) is 0 Å². The maximum atomic E-state index is 13.5. The summed E-state index contributed by atoms with van der Waals surface area (Å²) in [5.74, 6) is -10.3. The molecule has 0 fully saturated rings. The summed E-state index contributed by atoms with van der Waals surface area (Å²) in [6, 6.07) is -8.66. The third-order valence-electron chi connectivity index (χ3n) is 7.05. The number of nitrogens with two attached hydrogens (primary N) is 2. The highest BCUT2D eigenvalue weighted by atomic mass is 16.4. The Bertz CT molecular complexity index is 1240. The van der Waals surface area contributed by atoms with Crippen LogP contribution in [0.4, 0.5) is 0 Å². The molecule has 6 atom stereocenters. The SMILES string of the molecule is CC(C)C[C@H](NC(=O)[C@H](CC(N)=O)NC(=O)[C@H](CC(C)C)NC(=O)[C@H](CCC(=O)O)NC(=O)[C@H](CC(C)C)NC(=O)[C@@H](N)CC(=O)O)C(=O)O. The average Bonchev–Trinajstić information content (AvgIpc) is 2.95. The zero-order valence-corrected chi connectivity index (χ0v) is 29.3. The van der Waals surface area contributed by atoms with E-state index in [1.54, 1.807) is 41.5 Å². The van der Waals surface area contributed by atoms with Crippen molar-refractivity contribution in [3.05, 3.63) is 0 Å². The van der Waals surface area contributed by atoms with Gasteiger partial charge >= 0.3 is 17.9 Å². The van der Waals surface area contributed by atoms with Crippen molar-refractivity contribution in [1.29, 1.82) is 0 Å². The molecule has 0 unspecified atom stereocenters. The van der Waals surface area contributed by atoms with E-state index in [-0.39, 0.29) is 37.0 Å². The Morgan fingerprint density at radius 3 is 1.26 bits per heavy atom. The summed E-state index contributed by atoms with van der Waals surface area (Å²) in [5, 5.41) is 39.6. The molecule has 0 rings (SSSR count). The average molecular weight is 716 g/mol. The second-order valence-corrected chi connectivity index (χ2v) is 13.3. The van der Waals surface area contributed by atoms with Crippen LogP contribution in [0, 0.1) is 17.8 Å². The van der Waals surface area contributed by atoms with E-state index < -0.39 is 115 Å². The summed E-state index contributed by atoms with van der Waals surface area (Å²) < 4.78 is 0. The Balaban J connectivity index is 6.24. The molecule has 0 aromatic carbocycles. The van der Waals surface area contributed by atoms with E-state index >= 15 is 0 Å². The van der Waals surface area contributed by atoms with Gasteiger partial charge in [-0.3, -0.25) is 38.4 Å². The highest BCUT2D eigenvalue weighted by Gasteiger charge is 2.34. The van der Waals surface area contributed by atoms with E-state index in [1.165, 1.54) is 0 Å². The lowest BCUT2D eigenvalue weighted by atomic mass is 10.00. The molecule has 0 aromatic heterocycles. The molecule has 0 aliphatic rings. The Kier molecular flexibility index (Phi) is 19.9. The van der Waals surface area contributed by atoms with Crippen molar-refractivity contribution in [2.24, 2.45) is 29.2 Å². The fourth-order valence-corrected chi connectivity index (χ4v) is 4.69. The number of carboxylic acids is 3. The van der Waals surface area contributed by atoms with Crippen LogP contribution in [0.5, 0.6) is 0 Å². The van der Waals surface area contributed by atoms with E-state index in [1.807, 2.05) is 0 Å². The molecule has 19 nitrogen and oxygen atoms in total. The van der Waals surface area contributed by atoms with E-state index in [0.29, 0.717) is 0 Å². The summed E-state index contributed by atoms with van der Waals surface area (Å²) in [5.41, 5.74) is 10.9. The van der Waals surface area contributed by atoms with Gasteiger partial charge in [0.1, 0.15) is 30.2 Å². The van der Waals surface area contributed by atoms with Gasteiger partial charge in [-0.15, -0.1) is 0 Å². The molecule has 19 heteroatoms. The number of nitrogens with one attached hydrogen (secondary N) is 5. The third-order valence-corrected chi connectivity index (χ3v) is 7.05. The summed E-state index contributed by atoms with van der Waals surface area (Å²) in [7, 11) is 0. The Hall–Kier alpha value is -4.81. The second-order valence-electron chi connectivity index (χ2n) is 13.3. The fraction of sp³-hybridized carbons (Fsp3) is 0.710. The summed E-state index contributed by atoms with van der Waals surface area (Å²) in [6.07, 6.45) is -2.40. The first kappa shape index (κ1) is 45.2. The number of hydrogen-bond acceptors (Lipinski definition) is 10. The largest absolute Gasteiger partial charge is 0.481 e. The van der Waals surface area contributed by atoms with Crippen LogP contribution >= 0.6 is 0 Å². The molecule has 0 aromatic rings. The number of aliphatic carboxylic acids is 3. The molecule has 0 aliphatic carbocycles. The van der Waals surface area contributed by atoms with Crippen molar-refractivity contribution in [3.8, 4) is 0 Å². The van der Waals surface area contributed by atoms with Crippen LogP contribution in [0.15, 0.2) is 0 Å². The molecule has 0 saturated heterocycles. The smallest absolute Gasteiger partial charge is 0.326 e. The maximum absolute atomic E-state index is 13.5. The minimum Gasteiger partial charge on any atom is -0.481 e. The molecule has 50 heavy (non-hydrogen) atoms. The number of primary amides is 1. The standard InChI is InChI=1S/C31H53N7O12/c1-14(2)9-19(35-26(44)17(32)12-25(42)43)28(46)34-18(7-8-24(40)41)27(45)36-20(10-15(3)4)29(47)37-21(13-23(33)39)30(48)38-22(31(49)50)11-16(5)6/h14-22H,7-13,32H2,1-6H3,(H2,33,39)(H,34,46)(H,35,44)(H,36,45)(H,37,47)(H,38,48)(H,40,41)(H,42,43)(H,49,50)/t17-,18-,19-,20-,21-,22-/m0/s1. The van der Waals surface area contributed by atoms with Gasteiger partial charge in [-0.1, -0.05) is 41.5 Å². The summed E-state index contributed by atoms with van der Waals surface area (Å²) in [4.78, 5) is 112. The Morgan fingerprint density at radius 2 is 0.860 bits per heavy atom. The van der Waals surface area contributed by atoms with Crippen molar-refractivity contribution in [1.82, 2.24) is 26.6 Å². The molecule has 0 radical (unpaired) electrons. The molecule has 6 amide bonds. The van der Waals surface area contributed by atoms with E-state index in [2.05, 4.69) is 26.6 Å². The van der Waals surface area contributed by atoms with Gasteiger partial charge in [0.05, 0.1) is 18.9 Å². The fourth-order valence-electron chi connectivity index (χ4n) is 4.69. The Labute approximate surface area is 290 Å². The molecule has 0 heterocycles. The van der Waals surface area contributed by atoms with Gasteiger partial charge in [-0.25, -0.2) is 4.79 Å². The summed E-state index contributed by atoms with van der Waals surface area (Å²) in [6.45, 7) is 10.3. The topological polar surface area (TPSA) is 327 Å². The third kappa shape index (κ3) is 18.7. The molecule has 0 saturated carbocycles. The molecule has 12 N–H and O–H groups in total. The van der Waals surface area contributed by atoms with Crippen molar-refractivity contribution < 1.29 is 58.5 Å². The van der Waals surface area contributed by atoms with Crippen LogP contribution in [-0.4, -0.2) is 105 Å². The molecule has 284 valence electrons. The van der Waals surface area contributed by atoms with Crippen molar-refractivity contribution in [2.75, 3.05) is 0 Å².